The molecule has 1 aromatic heterocycles. The molecule has 0 bridgehead atoms. The standard InChI is InChI=1S/C20H30N4OS.HI/c1-13(2)12-25-18-9-7-17(8-10-18)15(4)24-20(21-6)22-11-19-23-14(3)16(5)26-19;/h7-10,13,15H,11-12H2,1-6H3,(H2,21,22,24);1H. The first-order valence-electron chi connectivity index (χ1n) is 9.02. The van der Waals surface area contributed by atoms with E-state index in [2.05, 4.69) is 60.4 Å². The number of hydrogen-bond donors (Lipinski definition) is 2. The van der Waals surface area contributed by atoms with E-state index in [-0.39, 0.29) is 30.0 Å². The first-order valence-corrected chi connectivity index (χ1v) is 9.83. The molecule has 0 saturated carbocycles. The Labute approximate surface area is 184 Å². The fraction of sp³-hybridized carbons (Fsp3) is 0.500. The van der Waals surface area contributed by atoms with Crippen LogP contribution in [0.1, 0.15) is 48.0 Å². The quantitative estimate of drug-likeness (QED) is 0.323. The van der Waals surface area contributed by atoms with Gasteiger partial charge in [0.2, 0.25) is 0 Å². The summed E-state index contributed by atoms with van der Waals surface area (Å²) in [6, 6.07) is 8.36. The molecule has 0 amide bonds. The van der Waals surface area contributed by atoms with Crippen LogP contribution in [0.4, 0.5) is 0 Å². The summed E-state index contributed by atoms with van der Waals surface area (Å²) in [4.78, 5) is 10.1. The summed E-state index contributed by atoms with van der Waals surface area (Å²) >= 11 is 1.72. The predicted molar refractivity (Wildman–Crippen MR) is 126 cm³/mol. The molecular weight excluding hydrogens is 471 g/mol. The fourth-order valence-electron chi connectivity index (χ4n) is 2.37. The lowest BCUT2D eigenvalue weighted by atomic mass is 10.1. The Morgan fingerprint density at radius 2 is 1.85 bits per heavy atom. The van der Waals surface area contributed by atoms with Crippen molar-refractivity contribution in [1.29, 1.82) is 0 Å². The minimum Gasteiger partial charge on any atom is -0.493 e. The van der Waals surface area contributed by atoms with Crippen LogP contribution in [0.2, 0.25) is 0 Å². The van der Waals surface area contributed by atoms with Crippen LogP contribution in [0, 0.1) is 19.8 Å². The van der Waals surface area contributed by atoms with E-state index >= 15 is 0 Å². The molecule has 0 aliphatic heterocycles. The molecule has 2 N–H and O–H groups in total. The van der Waals surface area contributed by atoms with E-state index < -0.39 is 0 Å². The Hall–Kier alpha value is -1.35. The molecule has 150 valence electrons. The summed E-state index contributed by atoms with van der Waals surface area (Å²) in [5, 5.41) is 7.82. The zero-order valence-electron chi connectivity index (χ0n) is 17.0. The highest BCUT2D eigenvalue weighted by molar-refractivity contribution is 14.0. The van der Waals surface area contributed by atoms with Crippen LogP contribution in [0.3, 0.4) is 0 Å². The first kappa shape index (κ1) is 23.7. The molecule has 5 nitrogen and oxygen atoms in total. The summed E-state index contributed by atoms with van der Waals surface area (Å²) in [6.45, 7) is 12.0. The number of hydrogen-bond acceptors (Lipinski definition) is 4. The Morgan fingerprint density at radius 3 is 2.37 bits per heavy atom. The molecule has 2 rings (SSSR count). The average Bonchev–Trinajstić information content (AvgIpc) is 2.94. The third kappa shape index (κ3) is 7.65. The normalized spacial score (nSPS) is 12.5. The van der Waals surface area contributed by atoms with Crippen molar-refractivity contribution in [3.8, 4) is 5.75 Å². The van der Waals surface area contributed by atoms with Crippen molar-refractivity contribution in [2.75, 3.05) is 13.7 Å². The molecule has 27 heavy (non-hydrogen) atoms. The second kappa shape index (κ2) is 11.5. The van der Waals surface area contributed by atoms with Gasteiger partial charge in [0.25, 0.3) is 0 Å². The highest BCUT2D eigenvalue weighted by atomic mass is 127. The average molecular weight is 502 g/mol. The molecule has 0 fully saturated rings. The van der Waals surface area contributed by atoms with E-state index in [1.165, 1.54) is 10.4 Å². The fourth-order valence-corrected chi connectivity index (χ4v) is 3.25. The van der Waals surface area contributed by atoms with Gasteiger partial charge >= 0.3 is 0 Å². The third-order valence-electron chi connectivity index (χ3n) is 4.02. The topological polar surface area (TPSA) is 58.5 Å². The van der Waals surface area contributed by atoms with Crippen molar-refractivity contribution in [3.63, 3.8) is 0 Å². The molecule has 0 spiro atoms. The molecule has 0 saturated heterocycles. The van der Waals surface area contributed by atoms with Crippen molar-refractivity contribution >= 4 is 41.3 Å². The van der Waals surface area contributed by atoms with Crippen LogP contribution in [0.15, 0.2) is 29.3 Å². The van der Waals surface area contributed by atoms with Crippen LogP contribution in [0.5, 0.6) is 5.75 Å². The lowest BCUT2D eigenvalue weighted by Crippen LogP contribution is -2.38. The van der Waals surface area contributed by atoms with E-state index in [0.29, 0.717) is 12.5 Å². The van der Waals surface area contributed by atoms with Gasteiger partial charge in [0, 0.05) is 11.9 Å². The third-order valence-corrected chi connectivity index (χ3v) is 5.09. The van der Waals surface area contributed by atoms with Crippen molar-refractivity contribution in [2.24, 2.45) is 10.9 Å². The highest BCUT2D eigenvalue weighted by Crippen LogP contribution is 2.19. The van der Waals surface area contributed by atoms with Gasteiger partial charge < -0.3 is 15.4 Å². The maximum atomic E-state index is 5.74. The number of rotatable bonds is 7. The van der Waals surface area contributed by atoms with Crippen LogP contribution < -0.4 is 15.4 Å². The van der Waals surface area contributed by atoms with Gasteiger partial charge in [0.05, 0.1) is 24.9 Å². The summed E-state index contributed by atoms with van der Waals surface area (Å²) in [7, 11) is 1.78. The van der Waals surface area contributed by atoms with Gasteiger partial charge in [0.15, 0.2) is 5.96 Å². The molecule has 2 aromatic rings. The summed E-state index contributed by atoms with van der Waals surface area (Å²) in [5.74, 6) is 2.20. The molecule has 1 atom stereocenters. The number of ether oxygens (including phenoxy) is 1. The summed E-state index contributed by atoms with van der Waals surface area (Å²) in [6.07, 6.45) is 0. The van der Waals surface area contributed by atoms with E-state index in [0.717, 1.165) is 29.0 Å². The van der Waals surface area contributed by atoms with Crippen LogP contribution in [0.25, 0.3) is 0 Å². The lowest BCUT2D eigenvalue weighted by molar-refractivity contribution is 0.271. The van der Waals surface area contributed by atoms with Gasteiger partial charge in [-0.15, -0.1) is 35.3 Å². The van der Waals surface area contributed by atoms with E-state index in [1.807, 2.05) is 19.1 Å². The highest BCUT2D eigenvalue weighted by Gasteiger charge is 2.10. The van der Waals surface area contributed by atoms with Crippen LogP contribution in [-0.2, 0) is 6.54 Å². The second-order valence-electron chi connectivity index (χ2n) is 6.81. The number of nitrogens with one attached hydrogen (secondary N) is 2. The number of benzene rings is 1. The van der Waals surface area contributed by atoms with Gasteiger partial charge in [-0.05, 0) is 44.4 Å². The number of nitrogens with zero attached hydrogens (tertiary/aromatic N) is 2. The Morgan fingerprint density at radius 1 is 1.19 bits per heavy atom. The van der Waals surface area contributed by atoms with Gasteiger partial charge in [-0.3, -0.25) is 4.99 Å². The molecule has 0 aliphatic carbocycles. The van der Waals surface area contributed by atoms with Crippen LogP contribution >= 0.6 is 35.3 Å². The predicted octanol–water partition coefficient (Wildman–Crippen LogP) is 4.84. The van der Waals surface area contributed by atoms with Crippen LogP contribution in [-0.4, -0.2) is 24.6 Å². The Bertz CT molecular complexity index is 709. The molecule has 1 heterocycles. The summed E-state index contributed by atoms with van der Waals surface area (Å²) in [5.41, 5.74) is 2.29. The molecule has 1 aromatic carbocycles. The number of aromatic nitrogens is 1. The molecule has 0 radical (unpaired) electrons. The van der Waals surface area contributed by atoms with E-state index in [1.54, 1.807) is 18.4 Å². The maximum Gasteiger partial charge on any atom is 0.191 e. The van der Waals surface area contributed by atoms with Gasteiger partial charge in [0.1, 0.15) is 10.8 Å². The number of guanidine groups is 1. The number of aliphatic imine (C=N–C) groups is 1. The van der Waals surface area contributed by atoms with Crippen molar-refractivity contribution in [2.45, 2.75) is 47.2 Å². The smallest absolute Gasteiger partial charge is 0.191 e. The minimum atomic E-state index is 0. The molecule has 0 aliphatic rings. The van der Waals surface area contributed by atoms with E-state index in [9.17, 15) is 0 Å². The molecule has 1 unspecified atom stereocenters. The maximum absolute atomic E-state index is 5.74. The van der Waals surface area contributed by atoms with Crippen molar-refractivity contribution in [1.82, 2.24) is 15.6 Å². The van der Waals surface area contributed by atoms with Crippen molar-refractivity contribution < 1.29 is 4.74 Å². The molecular formula is C20H31IN4OS. The van der Waals surface area contributed by atoms with Crippen molar-refractivity contribution in [3.05, 3.63) is 45.4 Å². The zero-order valence-corrected chi connectivity index (χ0v) is 20.1. The van der Waals surface area contributed by atoms with Gasteiger partial charge in [-0.1, -0.05) is 26.0 Å². The SMILES string of the molecule is CN=C(NCc1nc(C)c(C)s1)NC(C)c1ccc(OCC(C)C)cc1.I. The molecule has 7 heteroatoms. The monoisotopic (exact) mass is 502 g/mol. The number of aryl methyl sites for hydroxylation is 2. The summed E-state index contributed by atoms with van der Waals surface area (Å²) < 4.78 is 5.74. The zero-order chi connectivity index (χ0) is 19.1. The van der Waals surface area contributed by atoms with Gasteiger partial charge in [-0.25, -0.2) is 4.98 Å². The number of halogens is 1. The largest absolute Gasteiger partial charge is 0.493 e. The Kier molecular flexibility index (Phi) is 10.1. The number of thiazole rings is 1. The minimum absolute atomic E-state index is 0. The van der Waals surface area contributed by atoms with E-state index in [4.69, 9.17) is 4.74 Å². The second-order valence-corrected chi connectivity index (χ2v) is 8.10. The first-order chi connectivity index (χ1) is 12.4. The van der Waals surface area contributed by atoms with Gasteiger partial charge in [-0.2, -0.15) is 0 Å². The lowest BCUT2D eigenvalue weighted by Gasteiger charge is -2.18. The Balaban J connectivity index is 0.00000364.